The van der Waals surface area contributed by atoms with E-state index in [9.17, 15) is 4.79 Å². The van der Waals surface area contributed by atoms with Gasteiger partial charge >= 0.3 is 0 Å². The SMILES string of the molecule is Cc1noc(C)c1C(=O)N1CC[C@@H](C)Sc2ccccc21. The highest BCUT2D eigenvalue weighted by Gasteiger charge is 2.28. The number of para-hydroxylation sites is 1. The van der Waals surface area contributed by atoms with Crippen molar-refractivity contribution >= 4 is 23.4 Å². The molecule has 2 heterocycles. The lowest BCUT2D eigenvalue weighted by Gasteiger charge is -2.22. The van der Waals surface area contributed by atoms with Gasteiger partial charge in [-0.2, -0.15) is 0 Å². The van der Waals surface area contributed by atoms with E-state index in [1.54, 1.807) is 6.92 Å². The molecule has 1 aliphatic heterocycles. The largest absolute Gasteiger partial charge is 0.361 e. The zero-order valence-corrected chi connectivity index (χ0v) is 13.2. The van der Waals surface area contributed by atoms with Crippen LogP contribution in [-0.2, 0) is 0 Å². The Morgan fingerprint density at radius 3 is 2.86 bits per heavy atom. The first-order chi connectivity index (χ1) is 10.1. The van der Waals surface area contributed by atoms with Crippen LogP contribution < -0.4 is 4.90 Å². The van der Waals surface area contributed by atoms with E-state index in [0.717, 1.165) is 17.0 Å². The minimum absolute atomic E-state index is 0.0200. The molecule has 0 fully saturated rings. The Bertz CT molecular complexity index is 661. The maximum Gasteiger partial charge on any atom is 0.263 e. The molecule has 1 aromatic carbocycles. The molecule has 0 radical (unpaired) electrons. The predicted molar refractivity (Wildman–Crippen MR) is 84.0 cm³/mol. The van der Waals surface area contributed by atoms with E-state index in [1.165, 1.54) is 0 Å². The predicted octanol–water partition coefficient (Wildman–Crippen LogP) is 3.82. The number of aromatic nitrogens is 1. The third-order valence-corrected chi connectivity index (χ3v) is 4.97. The van der Waals surface area contributed by atoms with E-state index in [4.69, 9.17) is 4.52 Å². The molecule has 0 saturated carbocycles. The van der Waals surface area contributed by atoms with Gasteiger partial charge in [-0.05, 0) is 32.4 Å². The lowest BCUT2D eigenvalue weighted by molar-refractivity contribution is 0.0984. The topological polar surface area (TPSA) is 46.3 Å². The molecule has 0 aliphatic carbocycles. The Morgan fingerprint density at radius 2 is 2.14 bits per heavy atom. The van der Waals surface area contributed by atoms with Crippen molar-refractivity contribution in [3.63, 3.8) is 0 Å². The highest BCUT2D eigenvalue weighted by Crippen LogP contribution is 2.38. The van der Waals surface area contributed by atoms with Gasteiger partial charge in [0.2, 0.25) is 0 Å². The molecule has 4 nitrogen and oxygen atoms in total. The van der Waals surface area contributed by atoms with Crippen molar-refractivity contribution in [1.29, 1.82) is 0 Å². The summed E-state index contributed by atoms with van der Waals surface area (Å²) in [5.41, 5.74) is 2.22. The number of thioether (sulfide) groups is 1. The van der Waals surface area contributed by atoms with Gasteiger partial charge in [-0.25, -0.2) is 0 Å². The number of anilines is 1. The second-order valence-electron chi connectivity index (χ2n) is 5.34. The number of rotatable bonds is 1. The van der Waals surface area contributed by atoms with E-state index < -0.39 is 0 Å². The van der Waals surface area contributed by atoms with Crippen LogP contribution in [0.5, 0.6) is 0 Å². The van der Waals surface area contributed by atoms with Crippen molar-refractivity contribution in [2.24, 2.45) is 0 Å². The third-order valence-electron chi connectivity index (χ3n) is 3.74. The number of fused-ring (bicyclic) bond motifs is 1. The van der Waals surface area contributed by atoms with Crippen LogP contribution >= 0.6 is 11.8 Å². The molecule has 110 valence electrons. The van der Waals surface area contributed by atoms with E-state index >= 15 is 0 Å². The Kier molecular flexibility index (Phi) is 3.76. The van der Waals surface area contributed by atoms with Gasteiger partial charge in [0.25, 0.3) is 5.91 Å². The highest BCUT2D eigenvalue weighted by molar-refractivity contribution is 8.00. The van der Waals surface area contributed by atoms with Crippen LogP contribution in [0.25, 0.3) is 0 Å². The summed E-state index contributed by atoms with van der Waals surface area (Å²) in [5.74, 6) is 0.563. The van der Waals surface area contributed by atoms with Gasteiger partial charge in [0, 0.05) is 16.7 Å². The van der Waals surface area contributed by atoms with Gasteiger partial charge in [-0.15, -0.1) is 11.8 Å². The quantitative estimate of drug-likeness (QED) is 0.803. The molecule has 1 amide bonds. The first kappa shape index (κ1) is 14.2. The van der Waals surface area contributed by atoms with Crippen molar-refractivity contribution in [1.82, 2.24) is 5.16 Å². The maximum atomic E-state index is 12.9. The number of carbonyl (C=O) groups excluding carboxylic acids is 1. The number of hydrogen-bond acceptors (Lipinski definition) is 4. The lowest BCUT2D eigenvalue weighted by atomic mass is 10.1. The fraction of sp³-hybridized carbons (Fsp3) is 0.375. The van der Waals surface area contributed by atoms with Crippen molar-refractivity contribution < 1.29 is 9.32 Å². The standard InChI is InChI=1S/C16H18N2O2S/c1-10-8-9-18(13-6-4-5-7-14(13)21-10)16(19)15-11(2)17-20-12(15)3/h4-7,10H,8-9H2,1-3H3/t10-/m1/s1. The average Bonchev–Trinajstić information content (AvgIpc) is 2.69. The molecule has 1 aliphatic rings. The molecule has 3 rings (SSSR count). The first-order valence-electron chi connectivity index (χ1n) is 7.08. The number of carbonyl (C=O) groups is 1. The van der Waals surface area contributed by atoms with Crippen LogP contribution in [0.2, 0.25) is 0 Å². The maximum absolute atomic E-state index is 12.9. The molecule has 1 atom stereocenters. The van der Waals surface area contributed by atoms with Crippen molar-refractivity contribution in [2.45, 2.75) is 37.3 Å². The van der Waals surface area contributed by atoms with Crippen LogP contribution in [0.3, 0.4) is 0 Å². The summed E-state index contributed by atoms with van der Waals surface area (Å²) in [7, 11) is 0. The minimum Gasteiger partial charge on any atom is -0.361 e. The monoisotopic (exact) mass is 302 g/mol. The van der Waals surface area contributed by atoms with Crippen molar-refractivity contribution in [2.75, 3.05) is 11.4 Å². The van der Waals surface area contributed by atoms with E-state index in [1.807, 2.05) is 41.8 Å². The highest BCUT2D eigenvalue weighted by atomic mass is 32.2. The molecule has 1 aromatic heterocycles. The molecule has 0 spiro atoms. The van der Waals surface area contributed by atoms with Crippen LogP contribution in [0.4, 0.5) is 5.69 Å². The van der Waals surface area contributed by atoms with Crippen molar-refractivity contribution in [3.8, 4) is 0 Å². The molecule has 2 aromatic rings. The summed E-state index contributed by atoms with van der Waals surface area (Å²) in [6.07, 6.45) is 0.967. The summed E-state index contributed by atoms with van der Waals surface area (Å²) < 4.78 is 5.14. The number of benzene rings is 1. The van der Waals surface area contributed by atoms with Gasteiger partial charge in [0.1, 0.15) is 11.3 Å². The fourth-order valence-corrected chi connectivity index (χ4v) is 3.73. The van der Waals surface area contributed by atoms with E-state index in [-0.39, 0.29) is 5.91 Å². The smallest absolute Gasteiger partial charge is 0.263 e. The number of amides is 1. The number of hydrogen-bond donors (Lipinski definition) is 0. The zero-order valence-electron chi connectivity index (χ0n) is 12.4. The molecular weight excluding hydrogens is 284 g/mol. The summed E-state index contributed by atoms with van der Waals surface area (Å²) in [5, 5.41) is 4.39. The Balaban J connectivity index is 2.04. The Hall–Kier alpha value is -1.75. The van der Waals surface area contributed by atoms with Crippen LogP contribution in [-0.4, -0.2) is 22.9 Å². The summed E-state index contributed by atoms with van der Waals surface area (Å²) in [4.78, 5) is 16.0. The van der Waals surface area contributed by atoms with Gasteiger partial charge in [-0.1, -0.05) is 24.2 Å². The third kappa shape index (κ3) is 2.58. The molecule has 5 heteroatoms. The molecule has 0 unspecified atom stereocenters. The van der Waals surface area contributed by atoms with Gasteiger partial charge in [-0.3, -0.25) is 4.79 Å². The summed E-state index contributed by atoms with van der Waals surface area (Å²) >= 11 is 1.83. The van der Waals surface area contributed by atoms with Gasteiger partial charge < -0.3 is 9.42 Å². The first-order valence-corrected chi connectivity index (χ1v) is 7.96. The minimum atomic E-state index is -0.0200. The normalized spacial score (nSPS) is 18.2. The Morgan fingerprint density at radius 1 is 1.38 bits per heavy atom. The van der Waals surface area contributed by atoms with E-state index in [0.29, 0.717) is 28.8 Å². The van der Waals surface area contributed by atoms with Crippen LogP contribution in [0.1, 0.15) is 35.2 Å². The number of nitrogens with zero attached hydrogens (tertiary/aromatic N) is 2. The number of aryl methyl sites for hydroxylation is 2. The van der Waals surface area contributed by atoms with E-state index in [2.05, 4.69) is 18.1 Å². The van der Waals surface area contributed by atoms with Crippen LogP contribution in [0.15, 0.2) is 33.7 Å². The summed E-state index contributed by atoms with van der Waals surface area (Å²) in [6.45, 7) is 6.51. The molecule has 21 heavy (non-hydrogen) atoms. The fourth-order valence-electron chi connectivity index (χ4n) is 2.62. The second kappa shape index (κ2) is 5.56. The molecule has 0 N–H and O–H groups in total. The van der Waals surface area contributed by atoms with Crippen molar-refractivity contribution in [3.05, 3.63) is 41.3 Å². The lowest BCUT2D eigenvalue weighted by Crippen LogP contribution is -2.32. The van der Waals surface area contributed by atoms with Gasteiger partial charge in [0.05, 0.1) is 11.4 Å². The van der Waals surface area contributed by atoms with Gasteiger partial charge in [0.15, 0.2) is 0 Å². The molecule has 0 bridgehead atoms. The molecular formula is C16H18N2O2S. The average molecular weight is 302 g/mol. The van der Waals surface area contributed by atoms with Crippen LogP contribution in [0, 0.1) is 13.8 Å². The summed E-state index contributed by atoms with van der Waals surface area (Å²) in [6, 6.07) is 8.08. The Labute approximate surface area is 128 Å². The molecule has 0 saturated heterocycles. The zero-order chi connectivity index (χ0) is 15.0. The second-order valence-corrected chi connectivity index (χ2v) is 6.82.